The van der Waals surface area contributed by atoms with Gasteiger partial charge in [-0.2, -0.15) is 0 Å². The van der Waals surface area contributed by atoms with Crippen molar-refractivity contribution in [2.45, 2.75) is 34.3 Å². The van der Waals surface area contributed by atoms with Gasteiger partial charge in [-0.1, -0.05) is 12.1 Å². The zero-order valence-electron chi connectivity index (χ0n) is 17.9. The summed E-state index contributed by atoms with van der Waals surface area (Å²) in [7, 11) is 1.41. The second-order valence-electron chi connectivity index (χ2n) is 7.21. The van der Waals surface area contributed by atoms with Crippen molar-refractivity contribution in [2.75, 3.05) is 12.1 Å². The van der Waals surface area contributed by atoms with Gasteiger partial charge in [0.1, 0.15) is 12.4 Å². The molecule has 8 heteroatoms. The number of allylic oxidation sites excluding steroid dienone is 2. The summed E-state index contributed by atoms with van der Waals surface area (Å²) >= 11 is 0. The highest BCUT2D eigenvalue weighted by Crippen LogP contribution is 2.28. The highest BCUT2D eigenvalue weighted by atomic mass is 16.5. The lowest BCUT2D eigenvalue weighted by molar-refractivity contribution is 0.104. The van der Waals surface area contributed by atoms with Crippen LogP contribution in [0.15, 0.2) is 42.2 Å². The molecule has 30 heavy (non-hydrogen) atoms. The van der Waals surface area contributed by atoms with Crippen molar-refractivity contribution >= 4 is 17.5 Å². The Balaban J connectivity index is 2.32. The van der Waals surface area contributed by atoms with Crippen molar-refractivity contribution in [3.8, 4) is 5.75 Å². The number of hydrogen-bond acceptors (Lipinski definition) is 6. The number of benzene rings is 2. The third-order valence-electron chi connectivity index (χ3n) is 4.65. The zero-order valence-corrected chi connectivity index (χ0v) is 17.9. The molecule has 160 valence electrons. The third-order valence-corrected chi connectivity index (χ3v) is 4.65. The summed E-state index contributed by atoms with van der Waals surface area (Å²) in [5.74, 6) is 11.8. The third kappa shape index (κ3) is 5.16. The highest BCUT2D eigenvalue weighted by Gasteiger charge is 2.19. The average molecular weight is 412 g/mol. The van der Waals surface area contributed by atoms with Crippen LogP contribution in [0.4, 0.5) is 10.5 Å². The Labute approximate surface area is 176 Å². The summed E-state index contributed by atoms with van der Waals surface area (Å²) in [5, 5.41) is 11.2. The van der Waals surface area contributed by atoms with E-state index in [1.807, 2.05) is 19.9 Å². The molecule has 2 aromatic carbocycles. The first-order valence-electron chi connectivity index (χ1n) is 9.34. The normalized spacial score (nSPS) is 11.2. The van der Waals surface area contributed by atoms with Crippen LogP contribution < -0.4 is 21.4 Å². The molecule has 0 fully saturated rings. The molecular formula is C22H28N4O4. The average Bonchev–Trinajstić information content (AvgIpc) is 2.67. The van der Waals surface area contributed by atoms with Gasteiger partial charge >= 0.3 is 6.03 Å². The number of amides is 2. The lowest BCUT2D eigenvalue weighted by atomic mass is 10.0. The Kier molecular flexibility index (Phi) is 7.20. The standard InChI is InChI=1S/C22H28N4O4/c1-13-7-6-8-19(26(24)22(29)25(5)23)18(13)12-30-21-10-14(2)17(9-15(21)3)20(28)11-16(4)27/h6-11,27H,12,23-24H2,1-5H3/b16-11-. The first kappa shape index (κ1) is 22.9. The minimum absolute atomic E-state index is 0.0477. The molecule has 0 aliphatic rings. The predicted octanol–water partition coefficient (Wildman–Crippen LogP) is 3.44. The van der Waals surface area contributed by atoms with Gasteiger partial charge in [0.05, 0.1) is 11.4 Å². The topological polar surface area (TPSA) is 122 Å². The number of ketones is 1. The quantitative estimate of drug-likeness (QED) is 0.167. The number of aliphatic hydroxyl groups excluding tert-OH is 1. The molecule has 2 amide bonds. The molecule has 0 saturated heterocycles. The summed E-state index contributed by atoms with van der Waals surface area (Å²) in [5.41, 5.74) is 4.12. The summed E-state index contributed by atoms with van der Waals surface area (Å²) < 4.78 is 6.02. The van der Waals surface area contributed by atoms with E-state index >= 15 is 0 Å². The van der Waals surface area contributed by atoms with E-state index in [9.17, 15) is 14.7 Å². The Morgan fingerprint density at radius 1 is 1.10 bits per heavy atom. The molecule has 0 spiro atoms. The number of aryl methyl sites for hydroxylation is 3. The highest BCUT2D eigenvalue weighted by molar-refractivity contribution is 6.06. The van der Waals surface area contributed by atoms with Crippen LogP contribution in [0.5, 0.6) is 5.75 Å². The number of ether oxygens (including phenoxy) is 1. The van der Waals surface area contributed by atoms with Crippen molar-refractivity contribution in [3.05, 3.63) is 70.0 Å². The Morgan fingerprint density at radius 2 is 1.77 bits per heavy atom. The number of aliphatic hydroxyl groups is 1. The number of anilines is 1. The largest absolute Gasteiger partial charge is 0.512 e. The zero-order chi connectivity index (χ0) is 22.6. The van der Waals surface area contributed by atoms with Gasteiger partial charge in [-0.15, -0.1) is 0 Å². The number of nitrogens with zero attached hydrogens (tertiary/aromatic N) is 2. The summed E-state index contributed by atoms with van der Waals surface area (Å²) in [6, 6.07) is 8.36. The van der Waals surface area contributed by atoms with Gasteiger partial charge in [0.15, 0.2) is 5.78 Å². The van der Waals surface area contributed by atoms with Gasteiger partial charge < -0.3 is 9.84 Å². The summed E-state index contributed by atoms with van der Waals surface area (Å²) in [6.07, 6.45) is 1.18. The molecular weight excluding hydrogens is 384 g/mol. The molecule has 0 atom stereocenters. The van der Waals surface area contributed by atoms with E-state index in [4.69, 9.17) is 16.4 Å². The Hall–Kier alpha value is -3.36. The van der Waals surface area contributed by atoms with Crippen molar-refractivity contribution in [1.29, 1.82) is 0 Å². The second-order valence-corrected chi connectivity index (χ2v) is 7.21. The lowest BCUT2D eigenvalue weighted by Crippen LogP contribution is -2.49. The van der Waals surface area contributed by atoms with E-state index in [-0.39, 0.29) is 18.1 Å². The monoisotopic (exact) mass is 412 g/mol. The van der Waals surface area contributed by atoms with E-state index in [0.717, 1.165) is 32.3 Å². The predicted molar refractivity (Wildman–Crippen MR) is 116 cm³/mol. The van der Waals surface area contributed by atoms with Gasteiger partial charge in [0, 0.05) is 24.3 Å². The molecule has 0 radical (unpaired) electrons. The van der Waals surface area contributed by atoms with E-state index < -0.39 is 6.03 Å². The molecule has 2 rings (SSSR count). The van der Waals surface area contributed by atoms with Gasteiger partial charge in [0.2, 0.25) is 0 Å². The molecule has 0 heterocycles. The SMILES string of the molecule is C/C(O)=C/C(=O)c1cc(C)c(OCc2c(C)cccc2N(N)C(=O)N(C)N)cc1C. The van der Waals surface area contributed by atoms with Crippen LogP contribution in [0, 0.1) is 20.8 Å². The summed E-state index contributed by atoms with van der Waals surface area (Å²) in [6.45, 7) is 7.15. The molecule has 0 saturated carbocycles. The fraction of sp³-hybridized carbons (Fsp3) is 0.273. The van der Waals surface area contributed by atoms with Crippen LogP contribution >= 0.6 is 0 Å². The molecule has 0 bridgehead atoms. The van der Waals surface area contributed by atoms with Crippen LogP contribution in [-0.2, 0) is 6.61 Å². The smallest absolute Gasteiger partial charge is 0.352 e. The van der Waals surface area contributed by atoms with Crippen molar-refractivity contribution in [1.82, 2.24) is 5.01 Å². The van der Waals surface area contributed by atoms with Crippen LogP contribution in [0.3, 0.4) is 0 Å². The number of carbonyl (C=O) groups excluding carboxylic acids is 2. The van der Waals surface area contributed by atoms with Crippen molar-refractivity contribution < 1.29 is 19.4 Å². The van der Waals surface area contributed by atoms with Crippen LogP contribution in [0.1, 0.15) is 39.5 Å². The van der Waals surface area contributed by atoms with Crippen LogP contribution in [0.25, 0.3) is 0 Å². The van der Waals surface area contributed by atoms with Crippen LogP contribution in [-0.4, -0.2) is 29.0 Å². The number of urea groups is 1. The first-order chi connectivity index (χ1) is 14.0. The first-order valence-corrected chi connectivity index (χ1v) is 9.34. The van der Waals surface area contributed by atoms with E-state index in [1.165, 1.54) is 20.0 Å². The molecule has 0 aromatic heterocycles. The number of nitrogens with two attached hydrogens (primary N) is 2. The minimum Gasteiger partial charge on any atom is -0.512 e. The maximum atomic E-state index is 12.3. The lowest BCUT2D eigenvalue weighted by Gasteiger charge is -2.24. The van der Waals surface area contributed by atoms with Crippen molar-refractivity contribution in [2.24, 2.45) is 11.7 Å². The maximum Gasteiger partial charge on any atom is 0.352 e. The number of hydrogen-bond donors (Lipinski definition) is 3. The maximum absolute atomic E-state index is 12.3. The van der Waals surface area contributed by atoms with Crippen molar-refractivity contribution in [3.63, 3.8) is 0 Å². The fourth-order valence-corrected chi connectivity index (χ4v) is 3.00. The second kappa shape index (κ2) is 9.43. The number of rotatable bonds is 6. The van der Waals surface area contributed by atoms with E-state index in [2.05, 4.69) is 0 Å². The minimum atomic E-state index is -0.566. The van der Waals surface area contributed by atoms with E-state index in [0.29, 0.717) is 17.0 Å². The summed E-state index contributed by atoms with van der Waals surface area (Å²) in [4.78, 5) is 24.4. The Bertz CT molecular complexity index is 995. The molecule has 0 aliphatic heterocycles. The molecule has 0 aliphatic carbocycles. The fourth-order valence-electron chi connectivity index (χ4n) is 3.00. The van der Waals surface area contributed by atoms with Crippen LogP contribution in [0.2, 0.25) is 0 Å². The van der Waals surface area contributed by atoms with Gasteiger partial charge in [-0.3, -0.25) is 9.80 Å². The molecule has 2 aromatic rings. The Morgan fingerprint density at radius 3 is 2.37 bits per heavy atom. The number of hydrazine groups is 2. The van der Waals surface area contributed by atoms with Gasteiger partial charge in [0.25, 0.3) is 0 Å². The van der Waals surface area contributed by atoms with E-state index in [1.54, 1.807) is 31.2 Å². The van der Waals surface area contributed by atoms with Gasteiger partial charge in [-0.25, -0.2) is 21.5 Å². The number of carbonyl (C=O) groups is 2. The molecule has 8 nitrogen and oxygen atoms in total. The van der Waals surface area contributed by atoms with Gasteiger partial charge in [-0.05, 0) is 62.6 Å². The molecule has 5 N–H and O–H groups in total. The molecule has 0 unspecified atom stereocenters.